The van der Waals surface area contributed by atoms with Crippen molar-refractivity contribution in [3.63, 3.8) is 0 Å². The van der Waals surface area contributed by atoms with Crippen LogP contribution in [0.2, 0.25) is 5.02 Å². The van der Waals surface area contributed by atoms with Crippen molar-refractivity contribution in [2.75, 3.05) is 18.1 Å². The van der Waals surface area contributed by atoms with Crippen molar-refractivity contribution in [1.82, 2.24) is 0 Å². The van der Waals surface area contributed by atoms with Gasteiger partial charge >= 0.3 is 0 Å². The fourth-order valence-corrected chi connectivity index (χ4v) is 5.51. The van der Waals surface area contributed by atoms with Crippen molar-refractivity contribution in [3.8, 4) is 5.75 Å². The van der Waals surface area contributed by atoms with Crippen molar-refractivity contribution in [2.45, 2.75) is 62.9 Å². The molecule has 7 nitrogen and oxygen atoms in total. The molecule has 202 valence electrons. The molecule has 4 N–H and O–H groups in total. The Labute approximate surface area is 227 Å². The second-order valence-electron chi connectivity index (χ2n) is 10.8. The predicted molar refractivity (Wildman–Crippen MR) is 146 cm³/mol. The Morgan fingerprint density at radius 1 is 0.921 bits per heavy atom. The summed E-state index contributed by atoms with van der Waals surface area (Å²) in [4.78, 5) is 2.34. The maximum Gasteiger partial charge on any atom is 0.143 e. The highest BCUT2D eigenvalue weighted by atomic mass is 35.5. The highest BCUT2D eigenvalue weighted by Gasteiger charge is 2.44. The minimum absolute atomic E-state index is 0.327. The van der Waals surface area contributed by atoms with Gasteiger partial charge in [0.2, 0.25) is 0 Å². The number of rotatable bonds is 6. The zero-order valence-corrected chi connectivity index (χ0v) is 22.3. The van der Waals surface area contributed by atoms with Gasteiger partial charge in [0, 0.05) is 11.6 Å². The molecule has 2 unspecified atom stereocenters. The van der Waals surface area contributed by atoms with E-state index in [1.54, 1.807) is 12.1 Å². The van der Waals surface area contributed by atoms with E-state index in [1.807, 2.05) is 36.4 Å². The van der Waals surface area contributed by atoms with Crippen LogP contribution in [0.4, 0.5) is 5.69 Å². The maximum absolute atomic E-state index is 10.6. The van der Waals surface area contributed by atoms with E-state index in [2.05, 4.69) is 36.9 Å². The molecule has 0 aromatic heterocycles. The van der Waals surface area contributed by atoms with Gasteiger partial charge in [-0.3, -0.25) is 0 Å². The number of benzene rings is 3. The van der Waals surface area contributed by atoms with Gasteiger partial charge in [-0.05, 0) is 60.7 Å². The average molecular weight is 540 g/mol. The smallest absolute Gasteiger partial charge is 0.143 e. The molecule has 1 saturated heterocycles. The summed E-state index contributed by atoms with van der Waals surface area (Å²) in [5, 5.41) is 41.1. The van der Waals surface area contributed by atoms with Gasteiger partial charge in [0.05, 0.1) is 18.8 Å². The molecule has 0 amide bonds. The first-order chi connectivity index (χ1) is 18.1. The highest BCUT2D eigenvalue weighted by molar-refractivity contribution is 6.31. The van der Waals surface area contributed by atoms with E-state index >= 15 is 0 Å². The number of anilines is 1. The number of aliphatic hydroxyl groups excluding tert-OH is 4. The van der Waals surface area contributed by atoms with Crippen molar-refractivity contribution in [1.29, 1.82) is 0 Å². The number of hydrogen-bond donors (Lipinski definition) is 4. The molecule has 0 bridgehead atoms. The first-order valence-corrected chi connectivity index (χ1v) is 13.2. The molecule has 1 fully saturated rings. The van der Waals surface area contributed by atoms with Crippen LogP contribution in [0.25, 0.3) is 0 Å². The maximum atomic E-state index is 10.6. The van der Waals surface area contributed by atoms with Crippen LogP contribution in [-0.2, 0) is 17.7 Å². The Morgan fingerprint density at radius 2 is 1.68 bits per heavy atom. The first kappa shape index (κ1) is 26.9. The lowest BCUT2D eigenvalue weighted by Crippen LogP contribution is -2.55. The number of halogens is 1. The monoisotopic (exact) mass is 539 g/mol. The van der Waals surface area contributed by atoms with E-state index in [4.69, 9.17) is 21.1 Å². The lowest BCUT2D eigenvalue weighted by molar-refractivity contribution is -0.231. The van der Waals surface area contributed by atoms with Crippen LogP contribution < -0.4 is 9.64 Å². The normalized spacial score (nSPS) is 26.5. The molecule has 8 heteroatoms. The molecule has 3 aromatic carbocycles. The van der Waals surface area contributed by atoms with Gasteiger partial charge in [0.25, 0.3) is 0 Å². The number of hydrogen-bond acceptors (Lipinski definition) is 7. The number of aliphatic hydroxyl groups is 4. The minimum Gasteiger partial charge on any atom is -0.484 e. The van der Waals surface area contributed by atoms with E-state index in [-0.39, 0.29) is 5.60 Å². The Hall–Kier alpha value is -2.65. The van der Waals surface area contributed by atoms with Crippen LogP contribution in [0.5, 0.6) is 5.75 Å². The Morgan fingerprint density at radius 3 is 2.42 bits per heavy atom. The van der Waals surface area contributed by atoms with Crippen molar-refractivity contribution < 1.29 is 29.9 Å². The summed E-state index contributed by atoms with van der Waals surface area (Å²) in [6.45, 7) is 5.21. The fraction of sp³-hybridized carbons (Fsp3) is 0.400. The molecular weight excluding hydrogens is 506 g/mol. The zero-order valence-electron chi connectivity index (χ0n) is 21.5. The van der Waals surface area contributed by atoms with Crippen LogP contribution in [0.15, 0.2) is 66.7 Å². The summed E-state index contributed by atoms with van der Waals surface area (Å²) in [5.74, 6) is 0.835. The van der Waals surface area contributed by atoms with Crippen LogP contribution in [0.1, 0.15) is 42.2 Å². The van der Waals surface area contributed by atoms with E-state index in [0.717, 1.165) is 35.7 Å². The van der Waals surface area contributed by atoms with Gasteiger partial charge in [0.1, 0.15) is 41.9 Å². The summed E-state index contributed by atoms with van der Waals surface area (Å²) < 4.78 is 12.0. The van der Waals surface area contributed by atoms with Crippen molar-refractivity contribution >= 4 is 17.3 Å². The number of fused-ring (bicyclic) bond motifs is 1. The number of ether oxygens (including phenoxy) is 2. The Bertz CT molecular complexity index is 1270. The second-order valence-corrected chi connectivity index (χ2v) is 11.2. The second kappa shape index (κ2) is 10.8. The fourth-order valence-electron chi connectivity index (χ4n) is 5.33. The molecule has 0 spiro atoms. The van der Waals surface area contributed by atoms with E-state index in [0.29, 0.717) is 17.0 Å². The summed E-state index contributed by atoms with van der Waals surface area (Å²) >= 11 is 6.58. The molecule has 2 heterocycles. The lowest BCUT2D eigenvalue weighted by Gasteiger charge is -2.41. The molecule has 0 saturated carbocycles. The summed E-state index contributed by atoms with van der Waals surface area (Å²) in [6, 6.07) is 21.8. The first-order valence-electron chi connectivity index (χ1n) is 12.8. The molecule has 5 atom stereocenters. The lowest BCUT2D eigenvalue weighted by atomic mass is 9.90. The Kier molecular flexibility index (Phi) is 7.69. The largest absolute Gasteiger partial charge is 0.484 e. The predicted octanol–water partition coefficient (Wildman–Crippen LogP) is 3.62. The zero-order chi connectivity index (χ0) is 27.0. The molecule has 0 radical (unpaired) electrons. The average Bonchev–Trinajstić information content (AvgIpc) is 2.89. The van der Waals surface area contributed by atoms with Gasteiger partial charge < -0.3 is 34.8 Å². The third-order valence-corrected chi connectivity index (χ3v) is 7.59. The highest BCUT2D eigenvalue weighted by Crippen LogP contribution is 2.40. The summed E-state index contributed by atoms with van der Waals surface area (Å²) in [6.07, 6.45) is -5.55. The van der Waals surface area contributed by atoms with E-state index in [9.17, 15) is 20.4 Å². The van der Waals surface area contributed by atoms with E-state index < -0.39 is 37.1 Å². The Balaban J connectivity index is 1.42. The number of nitrogens with zero attached hydrogens (tertiary/aromatic N) is 1. The van der Waals surface area contributed by atoms with Crippen molar-refractivity contribution in [2.24, 2.45) is 0 Å². The summed E-state index contributed by atoms with van der Waals surface area (Å²) in [7, 11) is 0. The van der Waals surface area contributed by atoms with Crippen LogP contribution in [0.3, 0.4) is 0 Å². The third-order valence-electron chi connectivity index (χ3n) is 7.22. The van der Waals surface area contributed by atoms with Gasteiger partial charge in [-0.1, -0.05) is 60.1 Å². The standard InChI is InChI=1S/C30H34ClNO6/c1-30(2)17-32(15-18-6-4-3-5-7-18)23-13-19(8-11-24(23)38-30)12-21-14-20(9-10-22(21)31)29-28(36)27(35)26(34)25(16-33)37-29/h3-11,13-14,25-29,33-36H,12,15-17H2,1-2H3/t25-,26-,27?,28?,29+/m1/s1. The molecule has 38 heavy (non-hydrogen) atoms. The minimum atomic E-state index is -1.44. The molecule has 2 aliphatic heterocycles. The van der Waals surface area contributed by atoms with Gasteiger partial charge in [-0.2, -0.15) is 0 Å². The molecule has 5 rings (SSSR count). The van der Waals surface area contributed by atoms with Gasteiger partial charge in [-0.25, -0.2) is 0 Å². The van der Waals surface area contributed by atoms with E-state index in [1.165, 1.54) is 5.56 Å². The molecule has 2 aliphatic rings. The molecule has 3 aromatic rings. The topological polar surface area (TPSA) is 103 Å². The van der Waals surface area contributed by atoms with Crippen LogP contribution in [-0.4, -0.2) is 63.6 Å². The van der Waals surface area contributed by atoms with Gasteiger partial charge in [0.15, 0.2) is 0 Å². The summed E-state index contributed by atoms with van der Waals surface area (Å²) in [5.41, 5.74) is 4.39. The molecule has 0 aliphatic carbocycles. The third kappa shape index (κ3) is 5.54. The van der Waals surface area contributed by atoms with Crippen molar-refractivity contribution in [3.05, 3.63) is 94.0 Å². The quantitative estimate of drug-likeness (QED) is 0.379. The van der Waals surface area contributed by atoms with Crippen LogP contribution >= 0.6 is 11.6 Å². The molecular formula is C30H34ClNO6. The SMILES string of the molecule is CC1(C)CN(Cc2ccccc2)c2cc(Cc3cc([C@@H]4O[C@H](CO)[C@@H](O)C(O)C4O)ccc3Cl)ccc2O1. The van der Waals surface area contributed by atoms with Crippen LogP contribution in [0, 0.1) is 0 Å². The van der Waals surface area contributed by atoms with Gasteiger partial charge in [-0.15, -0.1) is 0 Å².